The number of halogens is 3. The van der Waals surface area contributed by atoms with E-state index in [2.05, 4.69) is 4.72 Å². The van der Waals surface area contributed by atoms with Gasteiger partial charge in [-0.15, -0.1) is 0 Å². The lowest BCUT2D eigenvalue weighted by Gasteiger charge is -2.18. The van der Waals surface area contributed by atoms with Crippen molar-refractivity contribution in [2.45, 2.75) is 24.3 Å². The molecule has 1 fully saturated rings. The molecule has 1 unspecified atom stereocenters. The summed E-state index contributed by atoms with van der Waals surface area (Å²) in [6, 6.07) is 5.30. The molecule has 0 bridgehead atoms. The minimum Gasteiger partial charge on any atom is -0.311 e. The first-order valence-corrected chi connectivity index (χ1v) is 9.22. The number of nitrogens with one attached hydrogen (secondary N) is 1. The summed E-state index contributed by atoms with van der Waals surface area (Å²) in [5.41, 5.74) is 0.824. The number of amides is 1. The highest BCUT2D eigenvalue weighted by atomic mass is 32.2. The Hall–Kier alpha value is -2.39. The second-order valence-electron chi connectivity index (χ2n) is 5.96. The molecule has 9 heteroatoms. The Kier molecular flexibility index (Phi) is 4.76. The van der Waals surface area contributed by atoms with Crippen LogP contribution < -0.4 is 9.62 Å². The molecule has 2 aromatic rings. The fourth-order valence-corrected chi connectivity index (χ4v) is 3.98. The molecule has 5 nitrogen and oxygen atoms in total. The van der Waals surface area contributed by atoms with Crippen LogP contribution in [0.15, 0.2) is 41.3 Å². The Balaban J connectivity index is 1.79. The van der Waals surface area contributed by atoms with E-state index in [1.165, 1.54) is 23.1 Å². The maximum atomic E-state index is 13.4. The van der Waals surface area contributed by atoms with Crippen molar-refractivity contribution < 1.29 is 26.4 Å². The number of carbonyl (C=O) groups is 1. The third kappa shape index (κ3) is 3.45. The number of nitrogens with zero attached hydrogens (tertiary/aromatic N) is 1. The fraction of sp³-hybridized carbons (Fsp3) is 0.235. The maximum Gasteiger partial charge on any atom is 0.245 e. The van der Waals surface area contributed by atoms with Crippen molar-refractivity contribution in [2.24, 2.45) is 0 Å². The number of rotatable bonds is 4. The summed E-state index contributed by atoms with van der Waals surface area (Å²) in [6.07, 6.45) is 0.193. The van der Waals surface area contributed by atoms with E-state index in [1.54, 1.807) is 6.92 Å². The van der Waals surface area contributed by atoms with E-state index in [-0.39, 0.29) is 13.0 Å². The van der Waals surface area contributed by atoms with Gasteiger partial charge in [0.05, 0.1) is 4.90 Å². The number of hydrogen-bond donors (Lipinski definition) is 1. The van der Waals surface area contributed by atoms with Gasteiger partial charge in [0.15, 0.2) is 11.6 Å². The largest absolute Gasteiger partial charge is 0.311 e. The minimum atomic E-state index is -4.20. The van der Waals surface area contributed by atoms with Crippen molar-refractivity contribution in [3.63, 3.8) is 0 Å². The number of carbonyl (C=O) groups excluding carboxylic acids is 1. The summed E-state index contributed by atoms with van der Waals surface area (Å²) < 4.78 is 66.5. The first-order chi connectivity index (χ1) is 12.2. The van der Waals surface area contributed by atoms with Crippen LogP contribution in [0.3, 0.4) is 0 Å². The van der Waals surface area contributed by atoms with Crippen LogP contribution in [-0.2, 0) is 14.8 Å². The fourth-order valence-electron chi connectivity index (χ4n) is 2.74. The smallest absolute Gasteiger partial charge is 0.245 e. The summed E-state index contributed by atoms with van der Waals surface area (Å²) in [7, 11) is -4.20. The Morgan fingerprint density at radius 3 is 2.38 bits per heavy atom. The first-order valence-electron chi connectivity index (χ1n) is 7.74. The standard InChI is InChI=1S/C17H15F3N2O3S/c1-10-8-11(2-4-13(10)18)22-7-6-16(17(22)23)21-26(24,25)12-3-5-14(19)15(20)9-12/h2-5,8-9,16,21H,6-7H2,1H3. The van der Waals surface area contributed by atoms with E-state index in [0.29, 0.717) is 23.4 Å². The molecule has 0 aromatic heterocycles. The van der Waals surface area contributed by atoms with Gasteiger partial charge < -0.3 is 4.90 Å². The zero-order chi connectivity index (χ0) is 19.1. The molecule has 26 heavy (non-hydrogen) atoms. The average Bonchev–Trinajstić information content (AvgIpc) is 2.93. The summed E-state index contributed by atoms with van der Waals surface area (Å²) in [6.45, 7) is 1.80. The molecule has 0 radical (unpaired) electrons. The van der Waals surface area contributed by atoms with Crippen LogP contribution in [0.5, 0.6) is 0 Å². The SMILES string of the molecule is Cc1cc(N2CCC(NS(=O)(=O)c3ccc(F)c(F)c3)C2=O)ccc1F. The number of sulfonamides is 1. The molecule has 1 heterocycles. The molecule has 3 rings (SSSR count). The molecule has 0 aliphatic carbocycles. The average molecular weight is 384 g/mol. The lowest BCUT2D eigenvalue weighted by Crippen LogP contribution is -2.41. The number of aryl methyl sites for hydroxylation is 1. The van der Waals surface area contributed by atoms with Crippen molar-refractivity contribution in [3.8, 4) is 0 Å². The van der Waals surface area contributed by atoms with Crippen LogP contribution in [0.2, 0.25) is 0 Å². The van der Waals surface area contributed by atoms with Crippen molar-refractivity contribution in [3.05, 3.63) is 59.4 Å². The summed E-state index contributed by atoms with van der Waals surface area (Å²) in [5.74, 6) is -3.37. The van der Waals surface area contributed by atoms with Crippen LogP contribution in [0, 0.1) is 24.4 Å². The molecule has 1 aliphatic rings. The summed E-state index contributed by atoms with van der Waals surface area (Å²) >= 11 is 0. The van der Waals surface area contributed by atoms with Gasteiger partial charge in [-0.05, 0) is 55.3 Å². The zero-order valence-electron chi connectivity index (χ0n) is 13.7. The molecule has 0 saturated carbocycles. The van der Waals surface area contributed by atoms with Gasteiger partial charge in [-0.2, -0.15) is 4.72 Å². The quantitative estimate of drug-likeness (QED) is 0.881. The van der Waals surface area contributed by atoms with E-state index in [9.17, 15) is 26.4 Å². The van der Waals surface area contributed by atoms with Gasteiger partial charge in [0.1, 0.15) is 11.9 Å². The lowest BCUT2D eigenvalue weighted by atomic mass is 10.2. The Morgan fingerprint density at radius 2 is 1.73 bits per heavy atom. The molecule has 2 aromatic carbocycles. The normalized spacial score (nSPS) is 17.8. The Morgan fingerprint density at radius 1 is 1.04 bits per heavy atom. The summed E-state index contributed by atoms with van der Waals surface area (Å²) in [5, 5.41) is 0. The molecule has 1 saturated heterocycles. The molecule has 1 atom stereocenters. The lowest BCUT2D eigenvalue weighted by molar-refractivity contribution is -0.118. The zero-order valence-corrected chi connectivity index (χ0v) is 14.5. The second-order valence-corrected chi connectivity index (χ2v) is 7.68. The van der Waals surface area contributed by atoms with E-state index in [4.69, 9.17) is 0 Å². The van der Waals surface area contributed by atoms with Crippen molar-refractivity contribution in [1.82, 2.24) is 4.72 Å². The van der Waals surface area contributed by atoms with Crippen LogP contribution in [0.4, 0.5) is 18.9 Å². The van der Waals surface area contributed by atoms with Crippen molar-refractivity contribution in [2.75, 3.05) is 11.4 Å². The topological polar surface area (TPSA) is 66.5 Å². The van der Waals surface area contributed by atoms with Crippen LogP contribution in [-0.4, -0.2) is 26.9 Å². The predicted molar refractivity (Wildman–Crippen MR) is 88.6 cm³/mol. The van der Waals surface area contributed by atoms with Crippen LogP contribution in [0.25, 0.3) is 0 Å². The minimum absolute atomic E-state index is 0.193. The number of benzene rings is 2. The Bertz CT molecular complexity index is 979. The van der Waals surface area contributed by atoms with Gasteiger partial charge in [0, 0.05) is 12.2 Å². The van der Waals surface area contributed by atoms with Crippen LogP contribution in [0.1, 0.15) is 12.0 Å². The monoisotopic (exact) mass is 384 g/mol. The molecule has 0 spiro atoms. The number of anilines is 1. The van der Waals surface area contributed by atoms with Gasteiger partial charge in [-0.25, -0.2) is 21.6 Å². The van der Waals surface area contributed by atoms with E-state index >= 15 is 0 Å². The van der Waals surface area contributed by atoms with E-state index < -0.39 is 44.3 Å². The molecule has 1 amide bonds. The highest BCUT2D eigenvalue weighted by Gasteiger charge is 2.36. The van der Waals surface area contributed by atoms with E-state index in [0.717, 1.165) is 6.07 Å². The van der Waals surface area contributed by atoms with Gasteiger partial charge >= 0.3 is 0 Å². The van der Waals surface area contributed by atoms with Crippen molar-refractivity contribution in [1.29, 1.82) is 0 Å². The predicted octanol–water partition coefficient (Wildman–Crippen LogP) is 2.50. The Labute approximate surface area is 148 Å². The van der Waals surface area contributed by atoms with Gasteiger partial charge in [-0.3, -0.25) is 4.79 Å². The molecule has 1 N–H and O–H groups in total. The third-order valence-electron chi connectivity index (χ3n) is 4.16. The van der Waals surface area contributed by atoms with Gasteiger partial charge in [0.2, 0.25) is 15.9 Å². The highest BCUT2D eigenvalue weighted by molar-refractivity contribution is 7.89. The van der Waals surface area contributed by atoms with Crippen molar-refractivity contribution >= 4 is 21.6 Å². The highest BCUT2D eigenvalue weighted by Crippen LogP contribution is 2.25. The summed E-state index contributed by atoms with van der Waals surface area (Å²) in [4.78, 5) is 13.4. The number of hydrogen-bond acceptors (Lipinski definition) is 3. The van der Waals surface area contributed by atoms with Crippen LogP contribution >= 0.6 is 0 Å². The van der Waals surface area contributed by atoms with Gasteiger partial charge in [-0.1, -0.05) is 0 Å². The molecule has 138 valence electrons. The second kappa shape index (κ2) is 6.73. The maximum absolute atomic E-state index is 13.4. The molecular weight excluding hydrogens is 369 g/mol. The first kappa shape index (κ1) is 18.4. The molecular formula is C17H15F3N2O3S. The molecule has 1 aliphatic heterocycles. The third-order valence-corrected chi connectivity index (χ3v) is 5.63. The van der Waals surface area contributed by atoms with Gasteiger partial charge in [0.25, 0.3) is 0 Å². The van der Waals surface area contributed by atoms with E-state index in [1.807, 2.05) is 0 Å².